The highest BCUT2D eigenvalue weighted by molar-refractivity contribution is 6.60. The second-order valence-corrected chi connectivity index (χ2v) is 8.38. The first-order chi connectivity index (χ1) is 10.1. The Kier molecular flexibility index (Phi) is 9.00. The molecule has 6 heteroatoms. The van der Waals surface area contributed by atoms with E-state index in [2.05, 4.69) is 0 Å². The van der Waals surface area contributed by atoms with Gasteiger partial charge in [-0.05, 0) is 52.4 Å². The van der Waals surface area contributed by atoms with Gasteiger partial charge in [0.25, 0.3) is 0 Å². The molecule has 0 aromatic rings. The summed E-state index contributed by atoms with van der Waals surface area (Å²) in [6.07, 6.45) is 3.45. The Balaban J connectivity index is 2.51. The lowest BCUT2D eigenvalue weighted by molar-refractivity contribution is -0.0680. The first-order valence-electron chi connectivity index (χ1n) is 8.23. The van der Waals surface area contributed by atoms with E-state index in [-0.39, 0.29) is 12.2 Å². The molecule has 1 aliphatic carbocycles. The monoisotopic (exact) mass is 320 g/mol. The van der Waals surface area contributed by atoms with Crippen LogP contribution in [0.15, 0.2) is 0 Å². The molecule has 0 saturated heterocycles. The highest BCUT2D eigenvalue weighted by Gasteiger charge is 2.40. The Morgan fingerprint density at radius 1 is 1.05 bits per heavy atom. The fraction of sp³-hybridized carbons (Fsp3) is 1.00. The van der Waals surface area contributed by atoms with E-state index in [1.165, 1.54) is 0 Å². The van der Waals surface area contributed by atoms with Crippen LogP contribution in [0.4, 0.5) is 0 Å². The van der Waals surface area contributed by atoms with Crippen molar-refractivity contribution in [2.24, 2.45) is 5.92 Å². The van der Waals surface area contributed by atoms with Crippen LogP contribution in [0.1, 0.15) is 46.5 Å². The third-order valence-corrected chi connectivity index (χ3v) is 7.12. The zero-order chi connectivity index (χ0) is 15.7. The van der Waals surface area contributed by atoms with Crippen LogP contribution in [-0.4, -0.2) is 53.0 Å². The maximum absolute atomic E-state index is 9.97. The van der Waals surface area contributed by atoms with E-state index in [4.69, 9.17) is 18.0 Å². The van der Waals surface area contributed by atoms with Crippen LogP contribution < -0.4 is 0 Å². The first-order valence-corrected chi connectivity index (χ1v) is 10.2. The Hall–Kier alpha value is 0.0169. The van der Waals surface area contributed by atoms with Crippen molar-refractivity contribution in [3.63, 3.8) is 0 Å². The van der Waals surface area contributed by atoms with E-state index in [9.17, 15) is 5.11 Å². The van der Waals surface area contributed by atoms with Gasteiger partial charge in [-0.25, -0.2) is 0 Å². The zero-order valence-electron chi connectivity index (χ0n) is 14.0. The van der Waals surface area contributed by atoms with Crippen LogP contribution in [0.25, 0.3) is 0 Å². The summed E-state index contributed by atoms with van der Waals surface area (Å²) in [6.45, 7) is 7.81. The van der Waals surface area contributed by atoms with Gasteiger partial charge in [-0.15, -0.1) is 0 Å². The van der Waals surface area contributed by atoms with Crippen LogP contribution >= 0.6 is 0 Å². The minimum atomic E-state index is -2.51. The fourth-order valence-corrected chi connectivity index (χ4v) is 5.53. The minimum Gasteiger partial charge on any atom is -0.390 e. The SMILES string of the molecule is CCOC1CC(CC[Si](OC)(OCC)OCC)CCC1O. The maximum Gasteiger partial charge on any atom is 0.500 e. The van der Waals surface area contributed by atoms with Gasteiger partial charge in [0, 0.05) is 33.0 Å². The number of hydrogen-bond donors (Lipinski definition) is 1. The van der Waals surface area contributed by atoms with Gasteiger partial charge in [-0.3, -0.25) is 0 Å². The molecule has 0 aromatic heterocycles. The molecule has 0 aliphatic heterocycles. The predicted octanol–water partition coefficient (Wildman–Crippen LogP) is 2.60. The number of rotatable bonds is 10. The summed E-state index contributed by atoms with van der Waals surface area (Å²) in [4.78, 5) is 0. The molecular weight excluding hydrogens is 288 g/mol. The molecule has 21 heavy (non-hydrogen) atoms. The highest BCUT2D eigenvalue weighted by atomic mass is 28.4. The number of ether oxygens (including phenoxy) is 1. The lowest BCUT2D eigenvalue weighted by Gasteiger charge is -2.34. The van der Waals surface area contributed by atoms with Gasteiger partial charge in [0.15, 0.2) is 0 Å². The van der Waals surface area contributed by atoms with Crippen molar-refractivity contribution < 1.29 is 23.1 Å². The largest absolute Gasteiger partial charge is 0.500 e. The average molecular weight is 321 g/mol. The van der Waals surface area contributed by atoms with Crippen molar-refractivity contribution in [2.45, 2.75) is 64.7 Å². The Labute approximate surface area is 130 Å². The third kappa shape index (κ3) is 5.96. The number of hydrogen-bond acceptors (Lipinski definition) is 5. The molecule has 1 rings (SSSR count). The summed E-state index contributed by atoms with van der Waals surface area (Å²) >= 11 is 0. The standard InChI is InChI=1S/C15H32O5Si/c1-5-18-15-12-13(8-9-14(15)16)10-11-21(17-4,19-6-2)20-7-3/h13-16H,5-12H2,1-4H3. The summed E-state index contributed by atoms with van der Waals surface area (Å²) in [7, 11) is -0.829. The molecule has 1 fully saturated rings. The highest BCUT2D eigenvalue weighted by Crippen LogP contribution is 2.32. The summed E-state index contributed by atoms with van der Waals surface area (Å²) in [6, 6.07) is 0.838. The summed E-state index contributed by atoms with van der Waals surface area (Å²) in [5, 5.41) is 9.97. The van der Waals surface area contributed by atoms with Crippen molar-refractivity contribution in [1.29, 1.82) is 0 Å². The van der Waals surface area contributed by atoms with Gasteiger partial charge in [0.2, 0.25) is 0 Å². The second kappa shape index (κ2) is 9.92. The molecule has 0 bridgehead atoms. The van der Waals surface area contributed by atoms with Gasteiger partial charge in [-0.1, -0.05) is 0 Å². The molecule has 0 heterocycles. The lowest BCUT2D eigenvalue weighted by atomic mass is 9.84. The van der Waals surface area contributed by atoms with Gasteiger partial charge < -0.3 is 23.1 Å². The van der Waals surface area contributed by atoms with Crippen LogP contribution in [0, 0.1) is 5.92 Å². The lowest BCUT2D eigenvalue weighted by Crippen LogP contribution is -2.45. The summed E-state index contributed by atoms with van der Waals surface area (Å²) < 4.78 is 22.9. The van der Waals surface area contributed by atoms with E-state index in [1.807, 2.05) is 20.8 Å². The molecule has 0 amide bonds. The van der Waals surface area contributed by atoms with Crippen molar-refractivity contribution in [1.82, 2.24) is 0 Å². The van der Waals surface area contributed by atoms with Gasteiger partial charge in [-0.2, -0.15) is 0 Å². The molecule has 0 aromatic carbocycles. The van der Waals surface area contributed by atoms with E-state index in [1.54, 1.807) is 7.11 Å². The smallest absolute Gasteiger partial charge is 0.390 e. The van der Waals surface area contributed by atoms with Crippen molar-refractivity contribution in [3.05, 3.63) is 0 Å². The number of aliphatic hydroxyl groups excluding tert-OH is 1. The molecule has 3 atom stereocenters. The van der Waals surface area contributed by atoms with E-state index >= 15 is 0 Å². The summed E-state index contributed by atoms with van der Waals surface area (Å²) in [5.74, 6) is 0.549. The van der Waals surface area contributed by atoms with Crippen molar-refractivity contribution >= 4 is 8.80 Å². The Morgan fingerprint density at radius 2 is 1.71 bits per heavy atom. The average Bonchev–Trinajstić information content (AvgIpc) is 2.48. The molecule has 1 aliphatic rings. The third-order valence-electron chi connectivity index (χ3n) is 4.14. The van der Waals surface area contributed by atoms with Gasteiger partial charge in [0.05, 0.1) is 12.2 Å². The van der Waals surface area contributed by atoms with Crippen molar-refractivity contribution in [2.75, 3.05) is 26.9 Å². The van der Waals surface area contributed by atoms with E-state index < -0.39 is 8.80 Å². The van der Waals surface area contributed by atoms with E-state index in [0.29, 0.717) is 25.7 Å². The molecule has 5 nitrogen and oxygen atoms in total. The summed E-state index contributed by atoms with van der Waals surface area (Å²) in [5.41, 5.74) is 0. The Morgan fingerprint density at radius 3 is 2.24 bits per heavy atom. The molecule has 0 spiro atoms. The molecule has 3 unspecified atom stereocenters. The molecular formula is C15H32O5Si. The Bertz CT molecular complexity index is 271. The van der Waals surface area contributed by atoms with Gasteiger partial charge in [0.1, 0.15) is 0 Å². The first kappa shape index (κ1) is 19.1. The van der Waals surface area contributed by atoms with Crippen molar-refractivity contribution in [3.8, 4) is 0 Å². The van der Waals surface area contributed by atoms with Crippen LogP contribution in [0.5, 0.6) is 0 Å². The second-order valence-electron chi connectivity index (χ2n) is 5.53. The fourth-order valence-electron chi connectivity index (χ4n) is 3.08. The predicted molar refractivity (Wildman–Crippen MR) is 84.2 cm³/mol. The quantitative estimate of drug-likeness (QED) is 0.627. The topological polar surface area (TPSA) is 57.2 Å². The number of aliphatic hydroxyl groups is 1. The van der Waals surface area contributed by atoms with Crippen LogP contribution in [0.2, 0.25) is 6.04 Å². The minimum absolute atomic E-state index is 0.0217. The van der Waals surface area contributed by atoms with Crippen LogP contribution in [0.3, 0.4) is 0 Å². The van der Waals surface area contributed by atoms with Crippen LogP contribution in [-0.2, 0) is 18.0 Å². The molecule has 1 saturated carbocycles. The molecule has 0 radical (unpaired) electrons. The normalized spacial score (nSPS) is 27.0. The molecule has 1 N–H and O–H groups in total. The zero-order valence-corrected chi connectivity index (χ0v) is 15.0. The van der Waals surface area contributed by atoms with Gasteiger partial charge >= 0.3 is 8.80 Å². The van der Waals surface area contributed by atoms with E-state index in [0.717, 1.165) is 31.7 Å². The molecule has 126 valence electrons. The maximum atomic E-state index is 9.97.